The largest absolute Gasteiger partial charge is 0.472 e. The minimum atomic E-state index is -4.96. The number of aliphatic hydroxyl groups is 1. The molecule has 5 atom stereocenters. The van der Waals surface area contributed by atoms with Crippen molar-refractivity contribution in [3.63, 3.8) is 0 Å². The van der Waals surface area contributed by atoms with Gasteiger partial charge >= 0.3 is 39.5 Å². The maximum absolute atomic E-state index is 13.1. The van der Waals surface area contributed by atoms with E-state index in [0.29, 0.717) is 25.7 Å². The van der Waals surface area contributed by atoms with E-state index in [0.717, 1.165) is 102 Å². The summed E-state index contributed by atoms with van der Waals surface area (Å²) in [5, 5.41) is 10.6. The van der Waals surface area contributed by atoms with E-state index in [4.69, 9.17) is 37.0 Å². The molecule has 0 saturated heterocycles. The number of rotatable bonds is 81. The minimum Gasteiger partial charge on any atom is -0.462 e. The van der Waals surface area contributed by atoms with E-state index in [1.165, 1.54) is 250 Å². The number of hydrogen-bond donors (Lipinski definition) is 3. The molecule has 0 saturated carbocycles. The molecule has 17 nitrogen and oxygen atoms in total. The first-order valence-corrected chi connectivity index (χ1v) is 45.5. The van der Waals surface area contributed by atoms with Crippen LogP contribution in [0.5, 0.6) is 0 Å². The number of aliphatic hydroxyl groups excluding tert-OH is 1. The summed E-state index contributed by atoms with van der Waals surface area (Å²) >= 11 is 0. The first-order chi connectivity index (χ1) is 48.9. The molecule has 0 aromatic rings. The summed E-state index contributed by atoms with van der Waals surface area (Å²) in [6.07, 6.45) is 63.8. The van der Waals surface area contributed by atoms with Gasteiger partial charge in [0.05, 0.1) is 26.4 Å². The molecular formula is C82H160O17P2. The minimum absolute atomic E-state index is 0.106. The molecule has 600 valence electrons. The van der Waals surface area contributed by atoms with Gasteiger partial charge in [0.25, 0.3) is 0 Å². The van der Waals surface area contributed by atoms with Gasteiger partial charge in [-0.25, -0.2) is 9.13 Å². The molecule has 0 bridgehead atoms. The lowest BCUT2D eigenvalue weighted by molar-refractivity contribution is -0.161. The van der Waals surface area contributed by atoms with Crippen molar-refractivity contribution < 1.29 is 80.2 Å². The maximum Gasteiger partial charge on any atom is 0.472 e. The number of carbonyl (C=O) groups excluding carboxylic acids is 4. The molecule has 0 aromatic carbocycles. The molecule has 0 radical (unpaired) electrons. The third kappa shape index (κ3) is 76.1. The summed E-state index contributed by atoms with van der Waals surface area (Å²) in [6.45, 7) is 9.66. The molecule has 0 aliphatic carbocycles. The Morgan fingerprint density at radius 2 is 0.455 bits per heavy atom. The van der Waals surface area contributed by atoms with Crippen molar-refractivity contribution in [3.8, 4) is 0 Å². The average Bonchev–Trinajstić information content (AvgIpc) is 1.01. The van der Waals surface area contributed by atoms with Crippen molar-refractivity contribution in [2.45, 2.75) is 452 Å². The van der Waals surface area contributed by atoms with Gasteiger partial charge in [-0.1, -0.05) is 382 Å². The summed E-state index contributed by atoms with van der Waals surface area (Å²) in [5.74, 6) is -0.545. The molecule has 0 aliphatic heterocycles. The van der Waals surface area contributed by atoms with Gasteiger partial charge in [0.15, 0.2) is 12.2 Å². The van der Waals surface area contributed by atoms with Crippen LogP contribution in [0.1, 0.15) is 433 Å². The van der Waals surface area contributed by atoms with Crippen LogP contribution in [0, 0.1) is 11.8 Å². The SMILES string of the molecule is CCCCCCCCCCCCCCCCCCCCC(=O)OC[C@H](COP(=O)(O)OC[C@@H](O)COP(=O)(O)OC[C@@H](COC(=O)CCCCCCCCCCCCC)OC(=O)CCCCCCCCCCCCC(C)C)OC(=O)CCCCCCCCCCCCCCCCCCC(C)C. The quantitative estimate of drug-likeness (QED) is 0.0222. The van der Waals surface area contributed by atoms with Crippen molar-refractivity contribution in [1.29, 1.82) is 0 Å². The highest BCUT2D eigenvalue weighted by Gasteiger charge is 2.30. The third-order valence-corrected chi connectivity index (χ3v) is 21.1. The molecular weight excluding hydrogens is 1320 g/mol. The van der Waals surface area contributed by atoms with Crippen LogP contribution in [0.3, 0.4) is 0 Å². The molecule has 0 fully saturated rings. The summed E-state index contributed by atoms with van der Waals surface area (Å²) < 4.78 is 68.8. The Bertz CT molecular complexity index is 1940. The Kier molecular flexibility index (Phi) is 72.2. The Morgan fingerprint density at radius 3 is 0.673 bits per heavy atom. The molecule has 0 rings (SSSR count). The standard InChI is InChI=1S/C82H160O17P2/c1-7-9-11-13-15-17-19-20-21-22-23-27-30-34-41-47-53-59-65-80(85)93-71-77(98-81(86)66-60-54-48-42-35-31-28-25-24-26-29-33-38-44-50-56-62-74(3)4)72-96-100(88,89)94-68-76(83)69-95-101(90,91)97-73-78(70-92-79(84)64-58-52-46-40-32-18-16-14-12-10-8-2)99-82(87)67-61-55-49-43-37-36-39-45-51-57-63-75(5)6/h74-78,83H,7-73H2,1-6H3,(H,88,89)(H,90,91)/t76-,77-,78-/m1/s1. The summed E-state index contributed by atoms with van der Waals surface area (Å²) in [5.41, 5.74) is 0. The lowest BCUT2D eigenvalue weighted by Crippen LogP contribution is -2.30. The van der Waals surface area contributed by atoms with Crippen LogP contribution in [0.15, 0.2) is 0 Å². The van der Waals surface area contributed by atoms with Crippen molar-refractivity contribution in [2.75, 3.05) is 39.6 Å². The van der Waals surface area contributed by atoms with E-state index in [9.17, 15) is 43.2 Å². The van der Waals surface area contributed by atoms with E-state index in [1.54, 1.807) is 0 Å². The maximum atomic E-state index is 13.1. The van der Waals surface area contributed by atoms with Crippen LogP contribution >= 0.6 is 15.6 Å². The second-order valence-electron chi connectivity index (χ2n) is 30.5. The third-order valence-electron chi connectivity index (χ3n) is 19.2. The van der Waals surface area contributed by atoms with Gasteiger partial charge in [0.1, 0.15) is 19.3 Å². The van der Waals surface area contributed by atoms with Crippen LogP contribution < -0.4 is 0 Å². The summed E-state index contributed by atoms with van der Waals surface area (Å²) in [4.78, 5) is 73.1. The first kappa shape index (κ1) is 99.1. The number of carbonyl (C=O) groups is 4. The van der Waals surface area contributed by atoms with Gasteiger partial charge in [-0.3, -0.25) is 37.3 Å². The second-order valence-corrected chi connectivity index (χ2v) is 33.4. The zero-order valence-electron chi connectivity index (χ0n) is 66.2. The highest BCUT2D eigenvalue weighted by molar-refractivity contribution is 7.47. The van der Waals surface area contributed by atoms with Crippen molar-refractivity contribution in [2.24, 2.45) is 11.8 Å². The fourth-order valence-electron chi connectivity index (χ4n) is 12.7. The number of phosphoric acid groups is 2. The monoisotopic (exact) mass is 1480 g/mol. The second kappa shape index (κ2) is 73.6. The normalized spacial score (nSPS) is 13.9. The van der Waals surface area contributed by atoms with Crippen molar-refractivity contribution in [1.82, 2.24) is 0 Å². The van der Waals surface area contributed by atoms with Gasteiger partial charge in [0, 0.05) is 25.7 Å². The Morgan fingerprint density at radius 1 is 0.267 bits per heavy atom. The van der Waals surface area contributed by atoms with Gasteiger partial charge in [-0.2, -0.15) is 0 Å². The number of hydrogen-bond acceptors (Lipinski definition) is 15. The molecule has 3 N–H and O–H groups in total. The van der Waals surface area contributed by atoms with E-state index in [1.807, 2.05) is 0 Å². The number of esters is 4. The highest BCUT2D eigenvalue weighted by atomic mass is 31.2. The molecule has 101 heavy (non-hydrogen) atoms. The molecule has 0 aromatic heterocycles. The van der Waals surface area contributed by atoms with Crippen LogP contribution in [0.2, 0.25) is 0 Å². The zero-order valence-corrected chi connectivity index (χ0v) is 68.0. The summed E-state index contributed by atoms with van der Waals surface area (Å²) in [7, 11) is -9.92. The molecule has 0 heterocycles. The Labute approximate surface area is 619 Å². The number of unbranched alkanes of at least 4 members (excludes halogenated alkanes) is 51. The fourth-order valence-corrected chi connectivity index (χ4v) is 14.3. The van der Waals surface area contributed by atoms with Crippen molar-refractivity contribution >= 4 is 39.5 Å². The van der Waals surface area contributed by atoms with Gasteiger partial charge in [-0.05, 0) is 37.5 Å². The Balaban J connectivity index is 5.24. The van der Waals surface area contributed by atoms with E-state index >= 15 is 0 Å². The van der Waals surface area contributed by atoms with Crippen molar-refractivity contribution in [3.05, 3.63) is 0 Å². The molecule has 19 heteroatoms. The number of ether oxygens (including phenoxy) is 4. The summed E-state index contributed by atoms with van der Waals surface area (Å²) in [6, 6.07) is 0. The van der Waals surface area contributed by atoms with Crippen LogP contribution in [-0.4, -0.2) is 96.7 Å². The first-order valence-electron chi connectivity index (χ1n) is 42.5. The number of phosphoric ester groups is 2. The smallest absolute Gasteiger partial charge is 0.462 e. The zero-order chi connectivity index (χ0) is 74.2. The van der Waals surface area contributed by atoms with Gasteiger partial charge in [0.2, 0.25) is 0 Å². The molecule has 0 amide bonds. The molecule has 0 aliphatic rings. The lowest BCUT2D eigenvalue weighted by atomic mass is 10.0. The fraction of sp³-hybridized carbons (Fsp3) is 0.951. The van der Waals surface area contributed by atoms with Crippen LogP contribution in [0.4, 0.5) is 0 Å². The molecule has 0 spiro atoms. The molecule has 2 unspecified atom stereocenters. The van der Waals surface area contributed by atoms with Gasteiger partial charge < -0.3 is 33.8 Å². The predicted molar refractivity (Wildman–Crippen MR) is 414 cm³/mol. The van der Waals surface area contributed by atoms with Crippen LogP contribution in [-0.2, 0) is 65.4 Å². The predicted octanol–water partition coefficient (Wildman–Crippen LogP) is 24.7. The van der Waals surface area contributed by atoms with E-state index in [-0.39, 0.29) is 25.7 Å². The highest BCUT2D eigenvalue weighted by Crippen LogP contribution is 2.45. The topological polar surface area (TPSA) is 237 Å². The van der Waals surface area contributed by atoms with Crippen LogP contribution in [0.25, 0.3) is 0 Å². The van der Waals surface area contributed by atoms with E-state index < -0.39 is 97.5 Å². The lowest BCUT2D eigenvalue weighted by Gasteiger charge is -2.21. The average molecular weight is 1480 g/mol. The Hall–Kier alpha value is -1.94. The van der Waals surface area contributed by atoms with E-state index in [2.05, 4.69) is 41.5 Å². The van der Waals surface area contributed by atoms with Gasteiger partial charge in [-0.15, -0.1) is 0 Å².